The third-order valence-electron chi connectivity index (χ3n) is 9.68. The zero-order valence-electron chi connectivity index (χ0n) is 33.0. The van der Waals surface area contributed by atoms with Crippen LogP contribution in [0.15, 0.2) is 144 Å². The minimum Gasteiger partial charge on any atom is -0.501 e. The zero-order chi connectivity index (χ0) is 38.0. The maximum Gasteiger partial charge on any atom is 0.121 e. The monoisotopic (exact) mass is 900 g/mol. The van der Waals surface area contributed by atoms with Gasteiger partial charge < -0.3 is 14.4 Å². The van der Waals surface area contributed by atoms with Crippen molar-refractivity contribution in [2.75, 3.05) is 0 Å². The first-order valence-electron chi connectivity index (χ1n) is 18.8. The Hall–Kier alpha value is -4.93. The van der Waals surface area contributed by atoms with Crippen LogP contribution in [-0.2, 0) is 20.1 Å². The van der Waals surface area contributed by atoms with Crippen LogP contribution in [0.3, 0.4) is 0 Å². The van der Waals surface area contributed by atoms with Crippen molar-refractivity contribution >= 4 is 35.2 Å². The molecule has 8 aromatic rings. The summed E-state index contributed by atoms with van der Waals surface area (Å²) < 4.78 is 14.9. The van der Waals surface area contributed by atoms with E-state index in [0.29, 0.717) is 5.92 Å². The minimum atomic E-state index is -1.57. The van der Waals surface area contributed by atoms with E-state index in [4.69, 9.17) is 10.8 Å². The third-order valence-corrected chi connectivity index (χ3v) is 11.7. The van der Waals surface area contributed by atoms with Gasteiger partial charge in [-0.15, -0.1) is 53.6 Å². The second kappa shape index (κ2) is 16.6. The van der Waals surface area contributed by atoms with Gasteiger partial charge in [0.25, 0.3) is 0 Å². The van der Waals surface area contributed by atoms with E-state index >= 15 is 0 Å². The van der Waals surface area contributed by atoms with Crippen LogP contribution in [-0.4, -0.2) is 18.0 Å². The zero-order valence-corrected chi connectivity index (χ0v) is 35.4. The van der Waals surface area contributed by atoms with E-state index in [0.717, 1.165) is 61.1 Å². The van der Waals surface area contributed by atoms with Crippen LogP contribution in [0.5, 0.6) is 0 Å². The Balaban J connectivity index is 0.000000184. The molecule has 273 valence electrons. The van der Waals surface area contributed by atoms with Gasteiger partial charge in [0.15, 0.2) is 0 Å². The number of pyridine rings is 2. The molecule has 0 aliphatic rings. The van der Waals surface area contributed by atoms with Crippen LogP contribution < -0.4 is 5.19 Å². The molecule has 3 aromatic heterocycles. The molecule has 0 bridgehead atoms. The van der Waals surface area contributed by atoms with Crippen molar-refractivity contribution in [2.24, 2.45) is 0 Å². The molecule has 54 heavy (non-hydrogen) atoms. The van der Waals surface area contributed by atoms with Crippen LogP contribution in [0.4, 0.5) is 0 Å². The van der Waals surface area contributed by atoms with E-state index in [1.807, 2.05) is 62.6 Å². The Morgan fingerprint density at radius 1 is 0.648 bits per heavy atom. The number of rotatable bonds is 7. The molecule has 5 aromatic carbocycles. The fraction of sp³-hybridized carbons (Fsp3) is 0.184. The molecule has 0 saturated heterocycles. The second-order valence-corrected chi connectivity index (χ2v) is 20.2. The molecule has 0 amide bonds. The topological polar surface area (TPSA) is 38.9 Å². The predicted octanol–water partition coefficient (Wildman–Crippen LogP) is 13.1. The van der Waals surface area contributed by atoms with Gasteiger partial charge in [-0.05, 0) is 57.2 Å². The van der Waals surface area contributed by atoms with Gasteiger partial charge in [-0.25, -0.2) is 0 Å². The first-order chi connectivity index (χ1) is 25.9. The Bertz CT molecular complexity index is 2550. The molecule has 5 heteroatoms. The molecule has 1 radical (unpaired) electrons. The van der Waals surface area contributed by atoms with Gasteiger partial charge in [0.05, 0.1) is 13.7 Å². The van der Waals surface area contributed by atoms with E-state index in [9.17, 15) is 0 Å². The maximum absolute atomic E-state index is 8.61. The quantitative estimate of drug-likeness (QED) is 0.118. The Morgan fingerprint density at radius 2 is 1.31 bits per heavy atom. The second-order valence-electron chi connectivity index (χ2n) is 15.1. The summed E-state index contributed by atoms with van der Waals surface area (Å²) in [7, 11) is -1.57. The molecule has 0 aliphatic carbocycles. The first kappa shape index (κ1) is 37.4. The van der Waals surface area contributed by atoms with Crippen molar-refractivity contribution < 1.29 is 25.9 Å². The fourth-order valence-corrected chi connectivity index (χ4v) is 8.31. The molecule has 0 aliphatic heterocycles. The van der Waals surface area contributed by atoms with Gasteiger partial charge in [0.2, 0.25) is 0 Å². The van der Waals surface area contributed by atoms with Gasteiger partial charge in [0.1, 0.15) is 5.58 Å². The number of fused-ring (bicyclic) bond motifs is 3. The SMILES string of the molecule is CC(C)c1ccnc(-c2[c-]ccc3c2oc2cc(-c4ccccc4)ccc23)c1.[2H]C(C)(C)c1cc(-c2[c-]ccc(-c3ccccc3)c2)ncc1[Si](C)(C)C.[Ir]. The summed E-state index contributed by atoms with van der Waals surface area (Å²) >= 11 is 0. The summed E-state index contributed by atoms with van der Waals surface area (Å²) in [5.74, 6) is -0.199. The van der Waals surface area contributed by atoms with Gasteiger partial charge in [-0.1, -0.05) is 154 Å². The van der Waals surface area contributed by atoms with E-state index in [-0.39, 0.29) is 20.1 Å². The number of benzene rings is 5. The molecular weight excluding hydrogens is 853 g/mol. The van der Waals surface area contributed by atoms with Crippen LogP contribution in [0.25, 0.3) is 66.7 Å². The average molecular weight is 900 g/mol. The molecule has 3 nitrogen and oxygen atoms in total. The van der Waals surface area contributed by atoms with E-state index in [1.165, 1.54) is 21.9 Å². The molecule has 0 saturated carbocycles. The van der Waals surface area contributed by atoms with Crippen LogP contribution in [0.2, 0.25) is 19.6 Å². The fourth-order valence-electron chi connectivity index (χ4n) is 6.72. The molecular formula is C49H46IrN2OSi-2. The van der Waals surface area contributed by atoms with Crippen molar-refractivity contribution in [3.63, 3.8) is 0 Å². The summed E-state index contributed by atoms with van der Waals surface area (Å²) in [5, 5.41) is 3.48. The standard InChI is InChI=1S/C26H20NO.C23H26NSi.Ir/c1-17(2)19-13-14-27-24(15-19)23-10-6-9-22-21-12-11-20(16-25(21)28-26(22)23)18-7-4-3-5-8-18;1-17(2)21-15-22(24-16-23(21)25(3,4)5)20-13-9-12-19(14-20)18-10-7-6-8-11-18;/h3-9,11-17H,1-2H3;6-12,14-17H,1-5H3;/q2*-1;/i;17D;. The summed E-state index contributed by atoms with van der Waals surface area (Å²) in [5.41, 5.74) is 12.4. The number of hydrogen-bond donors (Lipinski definition) is 0. The smallest absolute Gasteiger partial charge is 0.121 e. The molecule has 0 unspecified atom stereocenters. The van der Waals surface area contributed by atoms with Crippen LogP contribution >= 0.6 is 0 Å². The Morgan fingerprint density at radius 3 is 1.96 bits per heavy atom. The minimum absolute atomic E-state index is 0. The maximum atomic E-state index is 8.61. The molecule has 0 fully saturated rings. The molecule has 0 N–H and O–H groups in total. The van der Waals surface area contributed by atoms with Crippen molar-refractivity contribution in [2.45, 2.75) is 59.1 Å². The van der Waals surface area contributed by atoms with Crippen molar-refractivity contribution in [1.82, 2.24) is 9.97 Å². The van der Waals surface area contributed by atoms with Gasteiger partial charge in [-0.2, -0.15) is 0 Å². The van der Waals surface area contributed by atoms with E-state index in [1.54, 1.807) is 0 Å². The summed E-state index contributed by atoms with van der Waals surface area (Å²) in [6.07, 6.45) is 3.86. The van der Waals surface area contributed by atoms with Crippen LogP contribution in [0.1, 0.15) is 52.0 Å². The summed E-state index contributed by atoms with van der Waals surface area (Å²) in [4.78, 5) is 9.33. The molecule has 0 spiro atoms. The number of hydrogen-bond acceptors (Lipinski definition) is 3. The normalized spacial score (nSPS) is 11.9. The number of nitrogens with zero attached hydrogens (tertiary/aromatic N) is 2. The van der Waals surface area contributed by atoms with E-state index in [2.05, 4.69) is 142 Å². The third kappa shape index (κ3) is 8.40. The van der Waals surface area contributed by atoms with Gasteiger partial charge >= 0.3 is 0 Å². The average Bonchev–Trinajstić information content (AvgIpc) is 3.56. The predicted molar refractivity (Wildman–Crippen MR) is 226 cm³/mol. The van der Waals surface area contributed by atoms with Crippen molar-refractivity contribution in [3.05, 3.63) is 163 Å². The Kier molecular flexibility index (Phi) is 11.5. The van der Waals surface area contributed by atoms with Gasteiger partial charge in [0, 0.05) is 39.3 Å². The Labute approximate surface area is 336 Å². The van der Waals surface area contributed by atoms with Crippen molar-refractivity contribution in [1.29, 1.82) is 0 Å². The van der Waals surface area contributed by atoms with Gasteiger partial charge in [-0.3, -0.25) is 0 Å². The number of furan rings is 1. The van der Waals surface area contributed by atoms with E-state index < -0.39 is 14.0 Å². The molecule has 0 atom stereocenters. The summed E-state index contributed by atoms with van der Waals surface area (Å²) in [6.45, 7) is 15.2. The first-order valence-corrected chi connectivity index (χ1v) is 21.8. The molecule has 3 heterocycles. The number of aromatic nitrogens is 2. The largest absolute Gasteiger partial charge is 0.501 e. The molecule has 8 rings (SSSR count). The van der Waals surface area contributed by atoms with Crippen molar-refractivity contribution in [3.8, 4) is 44.8 Å². The summed E-state index contributed by atoms with van der Waals surface area (Å²) in [6, 6.07) is 50.3. The van der Waals surface area contributed by atoms with Crippen LogP contribution in [0, 0.1) is 12.1 Å².